The van der Waals surface area contributed by atoms with Crippen molar-refractivity contribution in [1.29, 1.82) is 0 Å². The van der Waals surface area contributed by atoms with E-state index in [1.165, 1.54) is 88.2 Å². The molecule has 5 heteroatoms. The van der Waals surface area contributed by atoms with Gasteiger partial charge in [0.15, 0.2) is 0 Å². The van der Waals surface area contributed by atoms with E-state index in [0.717, 1.165) is 5.02 Å². The molecule has 0 aliphatic carbocycles. The maximum Gasteiger partial charge on any atom is 0.0502 e. The van der Waals surface area contributed by atoms with Crippen LogP contribution in [0.3, 0.4) is 0 Å². The summed E-state index contributed by atoms with van der Waals surface area (Å²) in [5.41, 5.74) is 15.9. The Labute approximate surface area is 297 Å². The van der Waals surface area contributed by atoms with Crippen molar-refractivity contribution < 1.29 is 0 Å². The molecule has 4 heterocycles. The fourth-order valence-electron chi connectivity index (χ4n) is 7.08. The maximum atomic E-state index is 6.06. The van der Waals surface area contributed by atoms with Gasteiger partial charge in [0.1, 0.15) is 0 Å². The quantitative estimate of drug-likeness (QED) is 0.153. The van der Waals surface area contributed by atoms with E-state index in [4.69, 9.17) is 11.6 Å². The molecule has 0 saturated carbocycles. The minimum absolute atomic E-state index is 0.839. The molecular formula is C44H51ClN4. The molecule has 0 aliphatic heterocycles. The summed E-state index contributed by atoms with van der Waals surface area (Å²) in [7, 11) is 8.34. The fraction of sp³-hybridized carbons (Fsp3) is 0.273. The van der Waals surface area contributed by atoms with E-state index in [1.54, 1.807) is 0 Å². The zero-order valence-electron chi connectivity index (χ0n) is 31.3. The first-order valence-electron chi connectivity index (χ1n) is 17.0. The Balaban J connectivity index is 0.000000127. The highest BCUT2D eigenvalue weighted by Crippen LogP contribution is 2.28. The van der Waals surface area contributed by atoms with E-state index in [1.807, 2.05) is 19.2 Å². The highest BCUT2D eigenvalue weighted by atomic mass is 35.5. The second-order valence-corrected chi connectivity index (χ2v) is 14.1. The molecule has 4 nitrogen and oxygen atoms in total. The Bertz CT molecular complexity index is 2340. The lowest BCUT2D eigenvalue weighted by Crippen LogP contribution is -1.89. The van der Waals surface area contributed by atoms with Crippen molar-refractivity contribution in [2.75, 3.05) is 0 Å². The summed E-state index contributed by atoms with van der Waals surface area (Å²) in [5, 5.41) is 6.17. The Hall–Kier alpha value is -4.67. The number of nitrogens with zero attached hydrogens (tertiary/aromatic N) is 4. The van der Waals surface area contributed by atoms with Gasteiger partial charge in [-0.3, -0.25) is 0 Å². The monoisotopic (exact) mass is 670 g/mol. The van der Waals surface area contributed by atoms with Gasteiger partial charge in [0, 0.05) is 96.1 Å². The van der Waals surface area contributed by atoms with Crippen LogP contribution in [0.4, 0.5) is 0 Å². The van der Waals surface area contributed by atoms with Gasteiger partial charge in [-0.2, -0.15) is 0 Å². The second-order valence-electron chi connectivity index (χ2n) is 13.7. The summed E-state index contributed by atoms with van der Waals surface area (Å²) in [5.74, 6) is 0. The zero-order valence-corrected chi connectivity index (χ0v) is 32.1. The highest BCUT2D eigenvalue weighted by molar-refractivity contribution is 6.35. The van der Waals surface area contributed by atoms with Crippen LogP contribution in [0.5, 0.6) is 0 Å². The van der Waals surface area contributed by atoms with E-state index in [2.05, 4.69) is 174 Å². The summed E-state index contributed by atoms with van der Waals surface area (Å²) in [6.07, 6.45) is 6.44. The molecule has 0 aliphatic rings. The molecule has 254 valence electrons. The average molecular weight is 671 g/mol. The van der Waals surface area contributed by atoms with Crippen LogP contribution in [0, 0.1) is 55.4 Å². The van der Waals surface area contributed by atoms with Gasteiger partial charge in [-0.15, -0.1) is 0 Å². The van der Waals surface area contributed by atoms with Crippen LogP contribution in [-0.4, -0.2) is 18.3 Å². The van der Waals surface area contributed by atoms with Gasteiger partial charge in [-0.05, 0) is 126 Å². The van der Waals surface area contributed by atoms with Crippen molar-refractivity contribution in [1.82, 2.24) is 18.3 Å². The molecule has 0 fully saturated rings. The Morgan fingerprint density at radius 3 is 1.53 bits per heavy atom. The molecule has 8 aromatic rings. The summed E-state index contributed by atoms with van der Waals surface area (Å²) in [4.78, 5) is 0. The maximum absolute atomic E-state index is 6.06. The van der Waals surface area contributed by atoms with Crippen LogP contribution in [-0.2, 0) is 28.2 Å². The van der Waals surface area contributed by atoms with Gasteiger partial charge in [-0.1, -0.05) is 53.1 Å². The molecule has 0 radical (unpaired) electrons. The molecule has 49 heavy (non-hydrogen) atoms. The minimum atomic E-state index is 0.839. The smallest absolute Gasteiger partial charge is 0.0502 e. The molecular weight excluding hydrogens is 620 g/mol. The molecule has 4 aromatic heterocycles. The van der Waals surface area contributed by atoms with Crippen molar-refractivity contribution in [2.24, 2.45) is 28.2 Å². The molecule has 0 unspecified atom stereocenters. The largest absolute Gasteiger partial charge is 0.350 e. The number of benzene rings is 4. The number of hydrogen-bond acceptors (Lipinski definition) is 0. The normalized spacial score (nSPS) is 11.0. The van der Waals surface area contributed by atoms with Crippen LogP contribution < -0.4 is 0 Å². The molecule has 0 atom stereocenters. The van der Waals surface area contributed by atoms with Crippen LogP contribution in [0.2, 0.25) is 5.02 Å². The Morgan fingerprint density at radius 2 is 0.939 bits per heavy atom. The number of aromatic nitrogens is 4. The van der Waals surface area contributed by atoms with Crippen LogP contribution in [0.25, 0.3) is 43.6 Å². The lowest BCUT2D eigenvalue weighted by molar-refractivity contribution is 0.910. The van der Waals surface area contributed by atoms with Crippen LogP contribution in [0.1, 0.15) is 44.6 Å². The Kier molecular flexibility index (Phi) is 10.5. The van der Waals surface area contributed by atoms with Gasteiger partial charge in [-0.25, -0.2) is 0 Å². The van der Waals surface area contributed by atoms with Gasteiger partial charge in [0.05, 0.1) is 5.02 Å². The van der Waals surface area contributed by atoms with Crippen molar-refractivity contribution in [3.63, 3.8) is 0 Å². The lowest BCUT2D eigenvalue weighted by Gasteiger charge is -1.98. The SMILES string of the molecule is Cc1ccc2c(c1)c(C)c(C)n2C.Cc1ccc2c(c1)c(C)cn2C.Cc1cccc2c1c(C)cn2C.Cc1cn(C)c2cccc(Cl)c12. The van der Waals surface area contributed by atoms with E-state index in [9.17, 15) is 0 Å². The second kappa shape index (κ2) is 14.4. The average Bonchev–Trinajstić information content (AvgIpc) is 3.70. The summed E-state index contributed by atoms with van der Waals surface area (Å²) in [6, 6.07) is 25.6. The molecule has 0 N–H and O–H groups in total. The molecule has 0 bridgehead atoms. The third-order valence-corrected chi connectivity index (χ3v) is 10.2. The summed E-state index contributed by atoms with van der Waals surface area (Å²) >= 11 is 6.06. The molecule has 0 spiro atoms. The van der Waals surface area contributed by atoms with Crippen molar-refractivity contribution >= 4 is 55.2 Å². The third kappa shape index (κ3) is 7.21. The van der Waals surface area contributed by atoms with Gasteiger partial charge >= 0.3 is 0 Å². The lowest BCUT2D eigenvalue weighted by atomic mass is 10.1. The van der Waals surface area contributed by atoms with E-state index in [-0.39, 0.29) is 0 Å². The van der Waals surface area contributed by atoms with E-state index < -0.39 is 0 Å². The summed E-state index contributed by atoms with van der Waals surface area (Å²) in [6.45, 7) is 17.2. The molecule has 0 saturated heterocycles. The molecule has 8 rings (SSSR count). The first kappa shape index (κ1) is 35.6. The van der Waals surface area contributed by atoms with Crippen molar-refractivity contribution in [3.05, 3.63) is 141 Å². The number of halogens is 1. The standard InChI is InChI=1S/C12H15N.2C11H13N.C10H10ClN/c1-8-5-6-12-11(7-8)9(2)10(3)13(12)4;1-8-4-5-11-10(6-8)9(2)7-12(11)3;1-8-5-4-6-10-11(8)9(2)7-12(10)3;1-7-6-12(2)9-5-3-4-8(11)10(7)9/h5-7H,1-4H3;2*4-7H,1-3H3;3-6H,1-2H3. The van der Waals surface area contributed by atoms with Crippen molar-refractivity contribution in [3.8, 4) is 0 Å². The summed E-state index contributed by atoms with van der Waals surface area (Å²) < 4.78 is 8.70. The van der Waals surface area contributed by atoms with E-state index >= 15 is 0 Å². The predicted octanol–water partition coefficient (Wildman–Crippen LogP) is 11.8. The Morgan fingerprint density at radius 1 is 0.449 bits per heavy atom. The first-order valence-corrected chi connectivity index (χ1v) is 17.3. The van der Waals surface area contributed by atoms with Gasteiger partial charge in [0.2, 0.25) is 0 Å². The predicted molar refractivity (Wildman–Crippen MR) is 215 cm³/mol. The third-order valence-electron chi connectivity index (χ3n) is 9.87. The van der Waals surface area contributed by atoms with Crippen molar-refractivity contribution in [2.45, 2.75) is 55.4 Å². The van der Waals surface area contributed by atoms with Crippen LogP contribution >= 0.6 is 11.6 Å². The molecule has 4 aromatic carbocycles. The minimum Gasteiger partial charge on any atom is -0.350 e. The number of fused-ring (bicyclic) bond motifs is 4. The van der Waals surface area contributed by atoms with E-state index in [0.29, 0.717) is 0 Å². The zero-order chi connectivity index (χ0) is 35.7. The number of hydrogen-bond donors (Lipinski definition) is 0. The number of aryl methyl sites for hydroxylation is 11. The highest BCUT2D eigenvalue weighted by Gasteiger charge is 2.08. The van der Waals surface area contributed by atoms with Gasteiger partial charge in [0.25, 0.3) is 0 Å². The fourth-order valence-corrected chi connectivity index (χ4v) is 7.40. The topological polar surface area (TPSA) is 19.7 Å². The molecule has 0 amide bonds. The first-order chi connectivity index (χ1) is 23.2. The van der Waals surface area contributed by atoms with Crippen LogP contribution in [0.15, 0.2) is 91.4 Å². The van der Waals surface area contributed by atoms with Gasteiger partial charge < -0.3 is 18.3 Å². The number of rotatable bonds is 0.